The lowest BCUT2D eigenvalue weighted by Gasteiger charge is -2.08. The second-order valence-corrected chi connectivity index (χ2v) is 7.45. The van der Waals surface area contributed by atoms with Gasteiger partial charge in [0.2, 0.25) is 0 Å². The molecule has 2 aromatic carbocycles. The Morgan fingerprint density at radius 1 is 1.04 bits per heavy atom. The van der Waals surface area contributed by atoms with Gasteiger partial charge in [-0.15, -0.1) is 0 Å². The first kappa shape index (κ1) is 17.6. The summed E-state index contributed by atoms with van der Waals surface area (Å²) in [5, 5.41) is 0.691. The molecule has 0 aliphatic carbocycles. The van der Waals surface area contributed by atoms with Crippen molar-refractivity contribution in [2.24, 2.45) is 0 Å². The summed E-state index contributed by atoms with van der Waals surface area (Å²) in [5.74, 6) is 0.487. The molecule has 4 aromatic rings. The summed E-state index contributed by atoms with van der Waals surface area (Å²) in [6, 6.07) is 18.0. The van der Waals surface area contributed by atoms with Crippen LogP contribution in [-0.4, -0.2) is 14.5 Å². The van der Waals surface area contributed by atoms with E-state index in [0.717, 1.165) is 22.2 Å². The zero-order chi connectivity index (χ0) is 19.0. The number of halogens is 1. The van der Waals surface area contributed by atoms with Gasteiger partial charge in [-0.1, -0.05) is 61.8 Å². The van der Waals surface area contributed by atoms with E-state index < -0.39 is 0 Å². The van der Waals surface area contributed by atoms with E-state index in [4.69, 9.17) is 11.6 Å². The Morgan fingerprint density at radius 3 is 2.41 bits per heavy atom. The van der Waals surface area contributed by atoms with Crippen molar-refractivity contribution in [1.82, 2.24) is 14.5 Å². The summed E-state index contributed by atoms with van der Waals surface area (Å²) in [6.07, 6.45) is 1.77. The molecule has 2 heterocycles. The molecule has 1 N–H and O–H groups in total. The van der Waals surface area contributed by atoms with Gasteiger partial charge in [0.1, 0.15) is 0 Å². The van der Waals surface area contributed by atoms with Crippen LogP contribution in [0.5, 0.6) is 0 Å². The van der Waals surface area contributed by atoms with Crippen molar-refractivity contribution in [3.8, 4) is 11.1 Å². The highest BCUT2D eigenvalue weighted by molar-refractivity contribution is 6.30. The van der Waals surface area contributed by atoms with Crippen molar-refractivity contribution in [1.29, 1.82) is 0 Å². The monoisotopic (exact) mass is 377 g/mol. The van der Waals surface area contributed by atoms with E-state index in [2.05, 4.69) is 48.1 Å². The maximum absolute atomic E-state index is 12.5. The van der Waals surface area contributed by atoms with Gasteiger partial charge in [0, 0.05) is 16.8 Å². The minimum absolute atomic E-state index is 0.154. The van der Waals surface area contributed by atoms with Crippen LogP contribution in [0.25, 0.3) is 22.3 Å². The number of nitrogens with zero attached hydrogens (tertiary/aromatic N) is 2. The number of H-pyrrole nitrogens is 1. The standard InChI is InChI=1S/C22H20ClN3O/c1-14(2)16-5-3-15(4-6-16)13-26-20-11-18(12-24-21(20)25-22(26)27)17-7-9-19(23)10-8-17/h3-12,14H,13H2,1-2H3,(H,24,25,27). The average molecular weight is 378 g/mol. The van der Waals surface area contributed by atoms with Gasteiger partial charge in [0.25, 0.3) is 0 Å². The molecule has 4 rings (SSSR count). The molecule has 4 nitrogen and oxygen atoms in total. The van der Waals surface area contributed by atoms with Crippen LogP contribution in [-0.2, 0) is 6.54 Å². The second-order valence-electron chi connectivity index (χ2n) is 7.01. The van der Waals surface area contributed by atoms with Gasteiger partial charge in [0.05, 0.1) is 12.1 Å². The first-order chi connectivity index (χ1) is 13.0. The van der Waals surface area contributed by atoms with E-state index >= 15 is 0 Å². The molecule has 0 aliphatic rings. The molecule has 27 heavy (non-hydrogen) atoms. The van der Waals surface area contributed by atoms with E-state index in [9.17, 15) is 4.79 Å². The number of imidazole rings is 1. The molecule has 0 saturated heterocycles. The molecule has 5 heteroatoms. The Balaban J connectivity index is 1.73. The zero-order valence-corrected chi connectivity index (χ0v) is 16.0. The van der Waals surface area contributed by atoms with E-state index in [1.54, 1.807) is 10.8 Å². The van der Waals surface area contributed by atoms with Crippen LogP contribution in [0.1, 0.15) is 30.9 Å². The van der Waals surface area contributed by atoms with Gasteiger partial charge < -0.3 is 0 Å². The van der Waals surface area contributed by atoms with Crippen molar-refractivity contribution in [2.75, 3.05) is 0 Å². The van der Waals surface area contributed by atoms with Crippen LogP contribution in [0.4, 0.5) is 0 Å². The molecule has 0 spiro atoms. The molecule has 0 atom stereocenters. The van der Waals surface area contributed by atoms with Gasteiger partial charge in [-0.3, -0.25) is 9.55 Å². The summed E-state index contributed by atoms with van der Waals surface area (Å²) in [5.41, 5.74) is 5.56. The smallest absolute Gasteiger partial charge is 0.290 e. The fraction of sp³-hybridized carbons (Fsp3) is 0.182. The number of pyridine rings is 1. The predicted octanol–water partition coefficient (Wildman–Crippen LogP) is 5.22. The second kappa shape index (κ2) is 7.05. The van der Waals surface area contributed by atoms with E-state index in [1.807, 2.05) is 30.3 Å². The van der Waals surface area contributed by atoms with Gasteiger partial charge >= 0.3 is 5.69 Å². The van der Waals surface area contributed by atoms with E-state index in [0.29, 0.717) is 23.1 Å². The third kappa shape index (κ3) is 3.53. The number of hydrogen-bond acceptors (Lipinski definition) is 2. The molecular formula is C22H20ClN3O. The third-order valence-corrected chi connectivity index (χ3v) is 5.05. The normalized spacial score (nSPS) is 11.4. The van der Waals surface area contributed by atoms with Gasteiger partial charge in [-0.05, 0) is 40.8 Å². The molecule has 0 bridgehead atoms. The van der Waals surface area contributed by atoms with Crippen LogP contribution in [0.2, 0.25) is 5.02 Å². The van der Waals surface area contributed by atoms with Crippen LogP contribution in [0.3, 0.4) is 0 Å². The minimum Gasteiger partial charge on any atom is -0.290 e. The maximum Gasteiger partial charge on any atom is 0.327 e. The number of nitrogens with one attached hydrogen (secondary N) is 1. The van der Waals surface area contributed by atoms with Crippen molar-refractivity contribution in [3.63, 3.8) is 0 Å². The first-order valence-electron chi connectivity index (χ1n) is 8.94. The molecule has 0 radical (unpaired) electrons. The summed E-state index contributed by atoms with van der Waals surface area (Å²) >= 11 is 5.98. The molecule has 2 aromatic heterocycles. The van der Waals surface area contributed by atoms with Crippen LogP contribution < -0.4 is 5.69 Å². The highest BCUT2D eigenvalue weighted by atomic mass is 35.5. The number of aromatic amines is 1. The molecule has 136 valence electrons. The lowest BCUT2D eigenvalue weighted by Crippen LogP contribution is -2.17. The zero-order valence-electron chi connectivity index (χ0n) is 15.2. The number of fused-ring (bicyclic) bond motifs is 1. The highest BCUT2D eigenvalue weighted by Gasteiger charge is 2.11. The maximum atomic E-state index is 12.5. The van der Waals surface area contributed by atoms with Crippen molar-refractivity contribution >= 4 is 22.8 Å². The van der Waals surface area contributed by atoms with Gasteiger partial charge in [-0.2, -0.15) is 0 Å². The summed E-state index contributed by atoms with van der Waals surface area (Å²) in [7, 11) is 0. The van der Waals surface area contributed by atoms with E-state index in [1.165, 1.54) is 5.56 Å². The van der Waals surface area contributed by atoms with Crippen molar-refractivity contribution in [3.05, 3.63) is 87.4 Å². The molecule has 0 amide bonds. The lowest BCUT2D eigenvalue weighted by atomic mass is 10.0. The summed E-state index contributed by atoms with van der Waals surface area (Å²) < 4.78 is 1.73. The average Bonchev–Trinajstić information content (AvgIpc) is 2.97. The fourth-order valence-electron chi connectivity index (χ4n) is 3.18. The van der Waals surface area contributed by atoms with Crippen LogP contribution in [0, 0.1) is 0 Å². The summed E-state index contributed by atoms with van der Waals surface area (Å²) in [6.45, 7) is 4.84. The van der Waals surface area contributed by atoms with E-state index in [-0.39, 0.29) is 5.69 Å². The highest BCUT2D eigenvalue weighted by Crippen LogP contribution is 2.24. The Bertz CT molecular complexity index is 1140. The first-order valence-corrected chi connectivity index (χ1v) is 9.32. The topological polar surface area (TPSA) is 50.7 Å². The molecule has 0 fully saturated rings. The largest absolute Gasteiger partial charge is 0.327 e. The number of benzene rings is 2. The number of hydrogen-bond donors (Lipinski definition) is 1. The molecule has 0 saturated carbocycles. The van der Waals surface area contributed by atoms with Crippen LogP contribution in [0.15, 0.2) is 65.6 Å². The SMILES string of the molecule is CC(C)c1ccc(Cn2c(=O)[nH]c3ncc(-c4ccc(Cl)cc4)cc32)cc1. The Morgan fingerprint density at radius 2 is 1.74 bits per heavy atom. The van der Waals surface area contributed by atoms with Gasteiger partial charge in [-0.25, -0.2) is 9.78 Å². The van der Waals surface area contributed by atoms with Crippen LogP contribution >= 0.6 is 11.6 Å². The number of rotatable bonds is 4. The third-order valence-electron chi connectivity index (χ3n) is 4.79. The fourth-order valence-corrected chi connectivity index (χ4v) is 3.31. The lowest BCUT2D eigenvalue weighted by molar-refractivity contribution is 0.784. The number of aromatic nitrogens is 3. The Kier molecular flexibility index (Phi) is 4.58. The quantitative estimate of drug-likeness (QED) is 0.530. The van der Waals surface area contributed by atoms with Crippen molar-refractivity contribution in [2.45, 2.75) is 26.3 Å². The Labute approximate surface area is 162 Å². The molecule has 0 unspecified atom stereocenters. The van der Waals surface area contributed by atoms with Crippen molar-refractivity contribution < 1.29 is 0 Å². The van der Waals surface area contributed by atoms with Gasteiger partial charge in [0.15, 0.2) is 5.65 Å². The Hall–Kier alpha value is -2.85. The summed E-state index contributed by atoms with van der Waals surface area (Å²) in [4.78, 5) is 19.7. The predicted molar refractivity (Wildman–Crippen MR) is 110 cm³/mol. The molecular weight excluding hydrogens is 358 g/mol. The molecule has 0 aliphatic heterocycles. The minimum atomic E-state index is -0.154.